The van der Waals surface area contributed by atoms with Crippen LogP contribution in [-0.2, 0) is 0 Å². The molecule has 3 heterocycles. The van der Waals surface area contributed by atoms with E-state index in [2.05, 4.69) is 27.1 Å². The first-order valence-corrected chi connectivity index (χ1v) is 5.72. The number of rotatable bonds is 1. The highest BCUT2D eigenvalue weighted by Crippen LogP contribution is 2.39. The van der Waals surface area contributed by atoms with E-state index in [1.165, 1.54) is 0 Å². The molecule has 0 saturated carbocycles. The van der Waals surface area contributed by atoms with Gasteiger partial charge in [-0.15, -0.1) is 0 Å². The molecule has 3 rings (SSSR count). The maximum atomic E-state index is 5.61. The predicted octanol–water partition coefficient (Wildman–Crippen LogP) is 0.104. The van der Waals surface area contributed by atoms with E-state index in [1.54, 1.807) is 6.20 Å². The van der Waals surface area contributed by atoms with Crippen molar-refractivity contribution < 1.29 is 0 Å². The number of aromatic nitrogens is 2. The minimum atomic E-state index is 0.359. The molecular weight excluding hydrogens is 202 g/mol. The topological polar surface area (TPSA) is 67.1 Å². The third-order valence-corrected chi connectivity index (χ3v) is 3.88. The van der Waals surface area contributed by atoms with Crippen LogP contribution >= 0.6 is 0 Å². The number of nitrogen functional groups attached to an aromatic ring is 1. The normalized spacial score (nSPS) is 33.1. The van der Waals surface area contributed by atoms with Crippen LogP contribution in [0.2, 0.25) is 0 Å². The second-order valence-corrected chi connectivity index (χ2v) is 5.14. The first-order valence-electron chi connectivity index (χ1n) is 5.72. The van der Waals surface area contributed by atoms with Crippen LogP contribution in [0.5, 0.6) is 0 Å². The molecule has 86 valence electrons. The van der Waals surface area contributed by atoms with E-state index < -0.39 is 0 Å². The van der Waals surface area contributed by atoms with Gasteiger partial charge in [0, 0.05) is 37.8 Å². The summed E-state index contributed by atoms with van der Waals surface area (Å²) in [4.78, 5) is 10.5. The number of fused-ring (bicyclic) bond motifs is 1. The molecule has 2 atom stereocenters. The molecule has 0 bridgehead atoms. The van der Waals surface area contributed by atoms with E-state index in [4.69, 9.17) is 5.73 Å². The lowest BCUT2D eigenvalue weighted by Gasteiger charge is -2.22. The van der Waals surface area contributed by atoms with E-state index in [9.17, 15) is 0 Å². The zero-order chi connectivity index (χ0) is 11.2. The fourth-order valence-electron chi connectivity index (χ4n) is 2.87. The number of nitrogens with two attached hydrogens (primary N) is 1. The van der Waals surface area contributed by atoms with Gasteiger partial charge in [-0.25, -0.2) is 4.98 Å². The van der Waals surface area contributed by atoms with Gasteiger partial charge in [-0.2, -0.15) is 4.98 Å². The molecule has 0 amide bonds. The summed E-state index contributed by atoms with van der Waals surface area (Å²) >= 11 is 0. The van der Waals surface area contributed by atoms with Crippen molar-refractivity contribution >= 4 is 11.8 Å². The standard InChI is InChI=1S/C11H17N5/c1-11-6-13-4-8(11)5-16(7-11)9-2-3-14-10(12)15-9/h2-3,8,13H,4-7H2,1H3,(H2,12,14,15)/t8-,11+/m0/s1. The van der Waals surface area contributed by atoms with Crippen LogP contribution in [0.15, 0.2) is 12.3 Å². The van der Waals surface area contributed by atoms with E-state index in [0.29, 0.717) is 11.4 Å². The van der Waals surface area contributed by atoms with Crippen molar-refractivity contribution in [3.63, 3.8) is 0 Å². The van der Waals surface area contributed by atoms with Crippen LogP contribution in [0.25, 0.3) is 0 Å². The van der Waals surface area contributed by atoms with Crippen molar-refractivity contribution in [1.29, 1.82) is 0 Å². The molecule has 2 aliphatic rings. The summed E-state index contributed by atoms with van der Waals surface area (Å²) in [6, 6.07) is 1.94. The summed E-state index contributed by atoms with van der Waals surface area (Å²) < 4.78 is 0. The molecule has 2 saturated heterocycles. The Bertz CT molecular complexity index is 407. The molecular formula is C11H17N5. The van der Waals surface area contributed by atoms with Gasteiger partial charge >= 0.3 is 0 Å². The van der Waals surface area contributed by atoms with Crippen molar-refractivity contribution in [3.05, 3.63) is 12.3 Å². The van der Waals surface area contributed by atoms with Crippen molar-refractivity contribution in [1.82, 2.24) is 15.3 Å². The van der Waals surface area contributed by atoms with Gasteiger partial charge in [-0.3, -0.25) is 0 Å². The Hall–Kier alpha value is -1.36. The third kappa shape index (κ3) is 1.43. The fraction of sp³-hybridized carbons (Fsp3) is 0.636. The van der Waals surface area contributed by atoms with Crippen LogP contribution in [0.4, 0.5) is 11.8 Å². The van der Waals surface area contributed by atoms with Crippen LogP contribution in [0.3, 0.4) is 0 Å². The molecule has 0 spiro atoms. The molecule has 2 fully saturated rings. The van der Waals surface area contributed by atoms with Gasteiger partial charge in [-0.05, 0) is 12.0 Å². The quantitative estimate of drug-likeness (QED) is 0.701. The largest absolute Gasteiger partial charge is 0.368 e. The maximum absolute atomic E-state index is 5.61. The van der Waals surface area contributed by atoms with E-state index in [0.717, 1.165) is 37.9 Å². The average molecular weight is 219 g/mol. The predicted molar refractivity (Wildman–Crippen MR) is 63.1 cm³/mol. The van der Waals surface area contributed by atoms with Crippen molar-refractivity contribution in [2.75, 3.05) is 36.8 Å². The highest BCUT2D eigenvalue weighted by atomic mass is 15.3. The minimum Gasteiger partial charge on any atom is -0.368 e. The minimum absolute atomic E-state index is 0.359. The SMILES string of the molecule is C[C@]12CNC[C@H]1CN(c1ccnc(N)n1)C2. The summed E-state index contributed by atoms with van der Waals surface area (Å²) in [5.41, 5.74) is 6.00. The van der Waals surface area contributed by atoms with Gasteiger partial charge in [-0.1, -0.05) is 6.92 Å². The van der Waals surface area contributed by atoms with Crippen LogP contribution in [0.1, 0.15) is 6.92 Å². The fourth-order valence-corrected chi connectivity index (χ4v) is 2.87. The lowest BCUT2D eigenvalue weighted by Crippen LogP contribution is -2.30. The van der Waals surface area contributed by atoms with Gasteiger partial charge in [0.25, 0.3) is 0 Å². The molecule has 3 N–H and O–H groups in total. The first kappa shape index (κ1) is 9.84. The highest BCUT2D eigenvalue weighted by molar-refractivity contribution is 5.43. The van der Waals surface area contributed by atoms with Crippen LogP contribution in [-0.4, -0.2) is 36.1 Å². The number of anilines is 2. The average Bonchev–Trinajstić information content (AvgIpc) is 2.72. The zero-order valence-corrected chi connectivity index (χ0v) is 9.48. The molecule has 1 aromatic heterocycles. The van der Waals surface area contributed by atoms with Crippen LogP contribution < -0.4 is 16.0 Å². The van der Waals surface area contributed by atoms with Crippen molar-refractivity contribution in [3.8, 4) is 0 Å². The number of hydrogen-bond acceptors (Lipinski definition) is 5. The Balaban J connectivity index is 1.84. The second-order valence-electron chi connectivity index (χ2n) is 5.14. The van der Waals surface area contributed by atoms with E-state index >= 15 is 0 Å². The Kier molecular flexibility index (Phi) is 2.04. The maximum Gasteiger partial charge on any atom is 0.221 e. The van der Waals surface area contributed by atoms with Crippen molar-refractivity contribution in [2.45, 2.75) is 6.92 Å². The number of nitrogens with one attached hydrogen (secondary N) is 1. The van der Waals surface area contributed by atoms with E-state index in [-0.39, 0.29) is 0 Å². The summed E-state index contributed by atoms with van der Waals surface area (Å²) in [5, 5.41) is 3.46. The second kappa shape index (κ2) is 3.31. The summed E-state index contributed by atoms with van der Waals surface area (Å²) in [6.07, 6.45) is 1.73. The smallest absolute Gasteiger partial charge is 0.221 e. The van der Waals surface area contributed by atoms with Gasteiger partial charge in [0.15, 0.2) is 0 Å². The monoisotopic (exact) mass is 219 g/mol. The Morgan fingerprint density at radius 1 is 1.62 bits per heavy atom. The molecule has 2 aliphatic heterocycles. The van der Waals surface area contributed by atoms with Crippen molar-refractivity contribution in [2.24, 2.45) is 11.3 Å². The summed E-state index contributed by atoms with van der Waals surface area (Å²) in [5.74, 6) is 2.05. The zero-order valence-electron chi connectivity index (χ0n) is 9.48. The Morgan fingerprint density at radius 2 is 2.50 bits per heavy atom. The molecule has 0 aliphatic carbocycles. The van der Waals surface area contributed by atoms with Gasteiger partial charge in [0.05, 0.1) is 0 Å². The van der Waals surface area contributed by atoms with E-state index in [1.807, 2.05) is 6.07 Å². The number of hydrogen-bond donors (Lipinski definition) is 2. The lowest BCUT2D eigenvalue weighted by atomic mass is 9.83. The highest BCUT2D eigenvalue weighted by Gasteiger charge is 2.46. The van der Waals surface area contributed by atoms with Crippen LogP contribution in [0, 0.1) is 11.3 Å². The van der Waals surface area contributed by atoms with Gasteiger partial charge in [0.1, 0.15) is 5.82 Å². The molecule has 0 aromatic carbocycles. The Morgan fingerprint density at radius 3 is 3.25 bits per heavy atom. The lowest BCUT2D eigenvalue weighted by molar-refractivity contribution is 0.338. The number of nitrogens with zero attached hydrogens (tertiary/aromatic N) is 3. The molecule has 16 heavy (non-hydrogen) atoms. The molecule has 5 nitrogen and oxygen atoms in total. The first-order chi connectivity index (χ1) is 7.67. The molecule has 5 heteroatoms. The summed E-state index contributed by atoms with van der Waals surface area (Å²) in [6.45, 7) is 6.70. The summed E-state index contributed by atoms with van der Waals surface area (Å²) in [7, 11) is 0. The third-order valence-electron chi connectivity index (χ3n) is 3.88. The Labute approximate surface area is 95.1 Å². The van der Waals surface area contributed by atoms with Gasteiger partial charge in [0.2, 0.25) is 5.95 Å². The van der Waals surface area contributed by atoms with Gasteiger partial charge < -0.3 is 16.0 Å². The molecule has 1 aromatic rings. The molecule has 0 unspecified atom stereocenters. The molecule has 0 radical (unpaired) electrons.